The zero-order valence-electron chi connectivity index (χ0n) is 14.6. The second kappa shape index (κ2) is 7.61. The average molecular weight is 340 g/mol. The number of Topliss-reactive ketones (excluding diaryl/α,β-unsaturated/α-hetero) is 1. The summed E-state index contributed by atoms with van der Waals surface area (Å²) in [6, 6.07) is 8.26. The van der Waals surface area contributed by atoms with E-state index in [1.807, 2.05) is 6.92 Å². The quantitative estimate of drug-likeness (QED) is 0.847. The first kappa shape index (κ1) is 18.2. The van der Waals surface area contributed by atoms with Crippen LogP contribution in [0.25, 0.3) is 6.08 Å². The molecule has 1 heterocycles. The zero-order valence-corrected chi connectivity index (χ0v) is 14.6. The number of hydrogen-bond donors (Lipinski definition) is 1. The Morgan fingerprint density at radius 2 is 1.80 bits per heavy atom. The molecule has 0 unspecified atom stereocenters. The van der Waals surface area contributed by atoms with Gasteiger partial charge in [0.25, 0.3) is 5.91 Å². The normalized spacial score (nSPS) is 10.7. The van der Waals surface area contributed by atoms with Crippen LogP contribution < -0.4 is 10.9 Å². The predicted molar refractivity (Wildman–Crippen MR) is 96.8 cm³/mol. The SMILES string of the molecule is CC(=O)c1cc(NC(=O)c2ccc(C)cc2)c(=O)oc1C=CN(C)C. The third-order valence-electron chi connectivity index (χ3n) is 3.44. The number of carbonyl (C=O) groups excluding carboxylic acids is 2. The first-order chi connectivity index (χ1) is 11.8. The molecule has 1 aromatic carbocycles. The number of amides is 1. The van der Waals surface area contributed by atoms with Crippen LogP contribution in [0.4, 0.5) is 5.69 Å². The van der Waals surface area contributed by atoms with Gasteiger partial charge in [-0.1, -0.05) is 17.7 Å². The van der Waals surface area contributed by atoms with Crippen LogP contribution in [0, 0.1) is 6.92 Å². The van der Waals surface area contributed by atoms with Crippen LogP contribution in [0.5, 0.6) is 0 Å². The Hall–Kier alpha value is -3.15. The molecular formula is C19H20N2O4. The first-order valence-electron chi connectivity index (χ1n) is 7.69. The van der Waals surface area contributed by atoms with E-state index in [1.165, 1.54) is 19.1 Å². The summed E-state index contributed by atoms with van der Waals surface area (Å²) in [5.74, 6) is -0.564. The van der Waals surface area contributed by atoms with Crippen molar-refractivity contribution in [3.8, 4) is 0 Å². The number of hydrogen-bond acceptors (Lipinski definition) is 5. The first-order valence-corrected chi connectivity index (χ1v) is 7.69. The van der Waals surface area contributed by atoms with E-state index in [9.17, 15) is 14.4 Å². The van der Waals surface area contributed by atoms with Crippen molar-refractivity contribution in [1.82, 2.24) is 4.90 Å². The summed E-state index contributed by atoms with van der Waals surface area (Å²) in [4.78, 5) is 38.0. The zero-order chi connectivity index (χ0) is 18.6. The Morgan fingerprint density at radius 1 is 1.16 bits per heavy atom. The number of ketones is 1. The van der Waals surface area contributed by atoms with Gasteiger partial charge in [0.1, 0.15) is 11.4 Å². The highest BCUT2D eigenvalue weighted by atomic mass is 16.4. The predicted octanol–water partition coefficient (Wildman–Crippen LogP) is 2.94. The Balaban J connectivity index is 2.37. The molecule has 0 atom stereocenters. The van der Waals surface area contributed by atoms with Crippen molar-refractivity contribution >= 4 is 23.5 Å². The van der Waals surface area contributed by atoms with Gasteiger partial charge in [-0.2, -0.15) is 0 Å². The molecule has 0 bridgehead atoms. The van der Waals surface area contributed by atoms with Crippen LogP contribution in [-0.2, 0) is 0 Å². The molecule has 0 aliphatic rings. The second-order valence-electron chi connectivity index (χ2n) is 5.88. The van der Waals surface area contributed by atoms with Crippen LogP contribution >= 0.6 is 0 Å². The van der Waals surface area contributed by atoms with Gasteiger partial charge in [-0.25, -0.2) is 4.79 Å². The van der Waals surface area contributed by atoms with Crippen molar-refractivity contribution in [3.05, 3.63) is 69.4 Å². The van der Waals surface area contributed by atoms with Gasteiger partial charge in [-0.05, 0) is 38.1 Å². The van der Waals surface area contributed by atoms with Gasteiger partial charge in [-0.3, -0.25) is 9.59 Å². The van der Waals surface area contributed by atoms with Crippen LogP contribution in [0.15, 0.2) is 45.7 Å². The maximum absolute atomic E-state index is 12.3. The average Bonchev–Trinajstić information content (AvgIpc) is 2.55. The van der Waals surface area contributed by atoms with E-state index in [0.717, 1.165) is 5.56 Å². The van der Waals surface area contributed by atoms with Crippen molar-refractivity contribution in [2.24, 2.45) is 0 Å². The highest BCUT2D eigenvalue weighted by Crippen LogP contribution is 2.15. The third-order valence-corrected chi connectivity index (χ3v) is 3.44. The third kappa shape index (κ3) is 4.67. The Kier molecular flexibility index (Phi) is 5.54. The topological polar surface area (TPSA) is 79.6 Å². The summed E-state index contributed by atoms with van der Waals surface area (Å²) in [6.45, 7) is 3.28. The van der Waals surface area contributed by atoms with Gasteiger partial charge in [0.2, 0.25) is 0 Å². The van der Waals surface area contributed by atoms with Crippen molar-refractivity contribution in [2.45, 2.75) is 13.8 Å². The number of anilines is 1. The molecule has 1 amide bonds. The van der Waals surface area contributed by atoms with Crippen molar-refractivity contribution in [2.75, 3.05) is 19.4 Å². The van der Waals surface area contributed by atoms with Gasteiger partial charge in [0.05, 0.1) is 5.56 Å². The number of carbonyl (C=O) groups is 2. The molecule has 25 heavy (non-hydrogen) atoms. The van der Waals surface area contributed by atoms with E-state index in [2.05, 4.69) is 5.32 Å². The molecule has 6 nitrogen and oxygen atoms in total. The highest BCUT2D eigenvalue weighted by Gasteiger charge is 2.15. The highest BCUT2D eigenvalue weighted by molar-refractivity contribution is 6.05. The van der Waals surface area contributed by atoms with Gasteiger partial charge >= 0.3 is 5.63 Å². The Morgan fingerprint density at radius 3 is 2.36 bits per heavy atom. The van der Waals surface area contributed by atoms with E-state index >= 15 is 0 Å². The number of benzene rings is 1. The summed E-state index contributed by atoms with van der Waals surface area (Å²) in [7, 11) is 3.61. The molecule has 2 rings (SSSR count). The maximum Gasteiger partial charge on any atom is 0.360 e. The van der Waals surface area contributed by atoms with E-state index in [4.69, 9.17) is 4.42 Å². The number of nitrogens with one attached hydrogen (secondary N) is 1. The number of nitrogens with zero attached hydrogens (tertiary/aromatic N) is 1. The van der Waals surface area contributed by atoms with E-state index in [0.29, 0.717) is 5.56 Å². The molecule has 0 saturated carbocycles. The smallest absolute Gasteiger partial charge is 0.360 e. The van der Waals surface area contributed by atoms with Gasteiger partial charge in [0.15, 0.2) is 5.78 Å². The molecule has 0 saturated heterocycles. The minimum atomic E-state index is -0.719. The molecule has 0 radical (unpaired) electrons. The van der Waals surface area contributed by atoms with Gasteiger partial charge in [-0.15, -0.1) is 0 Å². The van der Waals surface area contributed by atoms with Gasteiger partial charge < -0.3 is 14.6 Å². The van der Waals surface area contributed by atoms with Crippen molar-refractivity contribution in [1.29, 1.82) is 0 Å². The lowest BCUT2D eigenvalue weighted by Gasteiger charge is -2.08. The molecule has 130 valence electrons. The molecule has 1 aromatic heterocycles. The molecular weight excluding hydrogens is 320 g/mol. The minimum absolute atomic E-state index is 0.0715. The summed E-state index contributed by atoms with van der Waals surface area (Å²) < 4.78 is 5.20. The van der Waals surface area contributed by atoms with E-state index < -0.39 is 11.5 Å². The van der Waals surface area contributed by atoms with Crippen LogP contribution in [0.3, 0.4) is 0 Å². The van der Waals surface area contributed by atoms with E-state index in [1.54, 1.807) is 49.5 Å². The van der Waals surface area contributed by atoms with Crippen LogP contribution in [0.2, 0.25) is 0 Å². The molecule has 6 heteroatoms. The Bertz CT molecular complexity index is 877. The second-order valence-corrected chi connectivity index (χ2v) is 5.88. The lowest BCUT2D eigenvalue weighted by molar-refractivity contribution is 0.100. The monoisotopic (exact) mass is 340 g/mol. The van der Waals surface area contributed by atoms with Crippen molar-refractivity contribution in [3.63, 3.8) is 0 Å². The van der Waals surface area contributed by atoms with Crippen LogP contribution in [0.1, 0.15) is 39.0 Å². The summed E-state index contributed by atoms with van der Waals surface area (Å²) in [5.41, 5.74) is 0.858. The molecule has 0 aliphatic heterocycles. The molecule has 1 N–H and O–H groups in total. The number of rotatable bonds is 5. The summed E-state index contributed by atoms with van der Waals surface area (Å²) in [5, 5.41) is 2.50. The van der Waals surface area contributed by atoms with E-state index in [-0.39, 0.29) is 22.8 Å². The number of aryl methyl sites for hydroxylation is 1. The largest absolute Gasteiger partial charge is 0.421 e. The molecule has 2 aromatic rings. The summed E-state index contributed by atoms with van der Waals surface area (Å²) >= 11 is 0. The van der Waals surface area contributed by atoms with Crippen LogP contribution in [-0.4, -0.2) is 30.7 Å². The minimum Gasteiger partial charge on any atom is -0.421 e. The molecule has 0 fully saturated rings. The molecule has 0 spiro atoms. The fourth-order valence-electron chi connectivity index (χ4n) is 2.09. The summed E-state index contributed by atoms with van der Waals surface area (Å²) in [6.07, 6.45) is 3.19. The Labute approximate surface area is 145 Å². The molecule has 0 aliphatic carbocycles. The maximum atomic E-state index is 12.3. The fourth-order valence-corrected chi connectivity index (χ4v) is 2.09. The van der Waals surface area contributed by atoms with Gasteiger partial charge in [0, 0.05) is 25.9 Å². The standard InChI is InChI=1S/C19H20N2O4/c1-12-5-7-14(8-6-12)18(23)20-16-11-15(13(2)22)17(25-19(16)24)9-10-21(3)4/h5-11H,1-4H3,(H,20,23). The lowest BCUT2D eigenvalue weighted by atomic mass is 10.1. The fraction of sp³-hybridized carbons (Fsp3) is 0.211. The van der Waals surface area contributed by atoms with Crippen molar-refractivity contribution < 1.29 is 14.0 Å². The lowest BCUT2D eigenvalue weighted by Crippen LogP contribution is -2.19.